The summed E-state index contributed by atoms with van der Waals surface area (Å²) >= 11 is 2.15. The summed E-state index contributed by atoms with van der Waals surface area (Å²) in [7, 11) is 3.16. The van der Waals surface area contributed by atoms with Gasteiger partial charge in [0.1, 0.15) is 0 Å². The number of carbonyl (C=O) groups is 1. The van der Waals surface area contributed by atoms with Crippen LogP contribution < -0.4 is 9.47 Å². The zero-order valence-electron chi connectivity index (χ0n) is 13.1. The molecule has 2 aromatic rings. The highest BCUT2D eigenvalue weighted by molar-refractivity contribution is 14.1. The standard InChI is InChI=1S/C18H14INO4/c1-22-15-10-11(8-13(19)16(15)23-2)9-14-18(21)24-17(20-14)12-6-4-3-5-7-12/h3-10H,1-2H3/b14-9-. The van der Waals surface area contributed by atoms with E-state index in [0.717, 1.165) is 14.7 Å². The Labute approximate surface area is 153 Å². The van der Waals surface area contributed by atoms with Gasteiger partial charge in [-0.25, -0.2) is 9.79 Å². The number of aliphatic imine (C=N–C) groups is 1. The van der Waals surface area contributed by atoms with Crippen LogP contribution in [0.5, 0.6) is 11.5 Å². The highest BCUT2D eigenvalue weighted by atomic mass is 127. The van der Waals surface area contributed by atoms with Gasteiger partial charge in [-0.2, -0.15) is 0 Å². The van der Waals surface area contributed by atoms with Gasteiger partial charge in [0.15, 0.2) is 17.2 Å². The molecule has 1 heterocycles. The molecule has 1 aliphatic heterocycles. The molecule has 0 radical (unpaired) electrons. The van der Waals surface area contributed by atoms with Crippen molar-refractivity contribution in [2.75, 3.05) is 14.2 Å². The van der Waals surface area contributed by atoms with Gasteiger partial charge in [0, 0.05) is 5.56 Å². The van der Waals surface area contributed by atoms with Crippen LogP contribution in [-0.2, 0) is 9.53 Å². The van der Waals surface area contributed by atoms with Crippen molar-refractivity contribution in [2.24, 2.45) is 4.99 Å². The van der Waals surface area contributed by atoms with E-state index in [1.807, 2.05) is 36.4 Å². The minimum atomic E-state index is -0.473. The second-order valence-electron chi connectivity index (χ2n) is 4.94. The molecule has 0 fully saturated rings. The van der Waals surface area contributed by atoms with Crippen LogP contribution in [0.3, 0.4) is 0 Å². The van der Waals surface area contributed by atoms with Crippen molar-refractivity contribution in [1.29, 1.82) is 0 Å². The third-order valence-corrected chi connectivity index (χ3v) is 4.20. The van der Waals surface area contributed by atoms with Crippen LogP contribution in [0, 0.1) is 3.57 Å². The number of hydrogen-bond donors (Lipinski definition) is 0. The Balaban J connectivity index is 1.98. The van der Waals surface area contributed by atoms with Crippen LogP contribution in [0.25, 0.3) is 6.08 Å². The zero-order valence-corrected chi connectivity index (χ0v) is 15.2. The van der Waals surface area contributed by atoms with Crippen molar-refractivity contribution < 1.29 is 19.0 Å². The van der Waals surface area contributed by atoms with E-state index in [-0.39, 0.29) is 5.70 Å². The highest BCUT2D eigenvalue weighted by Crippen LogP contribution is 2.34. The molecule has 24 heavy (non-hydrogen) atoms. The van der Waals surface area contributed by atoms with Gasteiger partial charge in [0.2, 0.25) is 5.90 Å². The Morgan fingerprint density at radius 2 is 1.88 bits per heavy atom. The van der Waals surface area contributed by atoms with E-state index >= 15 is 0 Å². The summed E-state index contributed by atoms with van der Waals surface area (Å²) in [6.07, 6.45) is 1.67. The lowest BCUT2D eigenvalue weighted by molar-refractivity contribution is -0.129. The quantitative estimate of drug-likeness (QED) is 0.418. The average Bonchev–Trinajstić information content (AvgIpc) is 2.96. The zero-order chi connectivity index (χ0) is 17.1. The Morgan fingerprint density at radius 1 is 1.12 bits per heavy atom. The Kier molecular flexibility index (Phi) is 4.84. The van der Waals surface area contributed by atoms with Gasteiger partial charge in [-0.05, 0) is 58.5 Å². The number of carbonyl (C=O) groups excluding carboxylic acids is 1. The van der Waals surface area contributed by atoms with Gasteiger partial charge in [-0.1, -0.05) is 18.2 Å². The van der Waals surface area contributed by atoms with Gasteiger partial charge < -0.3 is 14.2 Å². The number of benzene rings is 2. The predicted molar refractivity (Wildman–Crippen MR) is 99.3 cm³/mol. The lowest BCUT2D eigenvalue weighted by Crippen LogP contribution is -2.04. The SMILES string of the molecule is COc1cc(/C=C2\N=C(c3ccccc3)OC2=O)cc(I)c1OC. The summed E-state index contributed by atoms with van der Waals surface area (Å²) in [6, 6.07) is 13.0. The van der Waals surface area contributed by atoms with Gasteiger partial charge >= 0.3 is 5.97 Å². The molecule has 2 aromatic carbocycles. The summed E-state index contributed by atoms with van der Waals surface area (Å²) in [6.45, 7) is 0. The number of halogens is 1. The first-order valence-electron chi connectivity index (χ1n) is 7.12. The van der Waals surface area contributed by atoms with Crippen LogP contribution >= 0.6 is 22.6 Å². The van der Waals surface area contributed by atoms with Crippen molar-refractivity contribution in [2.45, 2.75) is 0 Å². The maximum atomic E-state index is 12.1. The van der Waals surface area contributed by atoms with Gasteiger partial charge in [0.05, 0.1) is 17.8 Å². The maximum Gasteiger partial charge on any atom is 0.363 e. The number of methoxy groups -OCH3 is 2. The molecule has 0 amide bonds. The van der Waals surface area contributed by atoms with E-state index in [2.05, 4.69) is 27.6 Å². The third-order valence-electron chi connectivity index (χ3n) is 3.40. The topological polar surface area (TPSA) is 57.1 Å². The van der Waals surface area contributed by atoms with Crippen molar-refractivity contribution in [3.8, 4) is 11.5 Å². The monoisotopic (exact) mass is 435 g/mol. The van der Waals surface area contributed by atoms with Crippen molar-refractivity contribution in [3.05, 3.63) is 62.9 Å². The van der Waals surface area contributed by atoms with Crippen molar-refractivity contribution >= 4 is 40.5 Å². The molecule has 5 nitrogen and oxygen atoms in total. The van der Waals surface area contributed by atoms with Gasteiger partial charge in [0.25, 0.3) is 0 Å². The number of esters is 1. The second-order valence-corrected chi connectivity index (χ2v) is 6.10. The van der Waals surface area contributed by atoms with Crippen LogP contribution in [0.4, 0.5) is 0 Å². The molecule has 0 saturated heterocycles. The van der Waals surface area contributed by atoms with Gasteiger partial charge in [-0.3, -0.25) is 0 Å². The molecule has 122 valence electrons. The largest absolute Gasteiger partial charge is 0.493 e. The van der Waals surface area contributed by atoms with E-state index in [1.165, 1.54) is 0 Å². The smallest absolute Gasteiger partial charge is 0.363 e. The first-order valence-corrected chi connectivity index (χ1v) is 8.19. The first kappa shape index (κ1) is 16.5. The molecule has 6 heteroatoms. The maximum absolute atomic E-state index is 12.1. The molecule has 0 spiro atoms. The normalized spacial score (nSPS) is 15.2. The fourth-order valence-corrected chi connectivity index (χ4v) is 3.14. The summed E-state index contributed by atoms with van der Waals surface area (Å²) in [5.74, 6) is 1.08. The molecule has 0 saturated carbocycles. The van der Waals surface area contributed by atoms with E-state index < -0.39 is 5.97 Å². The highest BCUT2D eigenvalue weighted by Gasteiger charge is 2.24. The molecular formula is C18H14INO4. The number of cyclic esters (lactones) is 1. The molecule has 0 atom stereocenters. The number of rotatable bonds is 4. The van der Waals surface area contributed by atoms with Crippen molar-refractivity contribution in [1.82, 2.24) is 0 Å². The Hall–Kier alpha value is -2.35. The molecular weight excluding hydrogens is 421 g/mol. The van der Waals surface area contributed by atoms with Gasteiger partial charge in [-0.15, -0.1) is 0 Å². The summed E-state index contributed by atoms with van der Waals surface area (Å²) in [4.78, 5) is 16.4. The van der Waals surface area contributed by atoms with Crippen LogP contribution in [0.15, 0.2) is 53.2 Å². The number of nitrogens with zero attached hydrogens (tertiary/aromatic N) is 1. The molecule has 0 bridgehead atoms. The van der Waals surface area contributed by atoms with E-state index in [1.54, 1.807) is 26.4 Å². The molecule has 0 aromatic heterocycles. The van der Waals surface area contributed by atoms with E-state index in [0.29, 0.717) is 17.4 Å². The number of hydrogen-bond acceptors (Lipinski definition) is 5. The molecule has 0 unspecified atom stereocenters. The molecule has 1 aliphatic rings. The third kappa shape index (κ3) is 3.28. The molecule has 3 rings (SSSR count). The number of ether oxygens (including phenoxy) is 3. The lowest BCUT2D eigenvalue weighted by atomic mass is 10.1. The minimum Gasteiger partial charge on any atom is -0.493 e. The lowest BCUT2D eigenvalue weighted by Gasteiger charge is -2.10. The fraction of sp³-hybridized carbons (Fsp3) is 0.111. The average molecular weight is 435 g/mol. The van der Waals surface area contributed by atoms with Crippen LogP contribution in [-0.4, -0.2) is 26.1 Å². The summed E-state index contributed by atoms with van der Waals surface area (Å²) in [5, 5.41) is 0. The van der Waals surface area contributed by atoms with E-state index in [9.17, 15) is 4.79 Å². The van der Waals surface area contributed by atoms with Crippen LogP contribution in [0.1, 0.15) is 11.1 Å². The minimum absolute atomic E-state index is 0.247. The summed E-state index contributed by atoms with van der Waals surface area (Å²) < 4.78 is 16.8. The Bertz CT molecular complexity index is 844. The van der Waals surface area contributed by atoms with E-state index in [4.69, 9.17) is 14.2 Å². The van der Waals surface area contributed by atoms with Crippen LogP contribution in [0.2, 0.25) is 0 Å². The first-order chi connectivity index (χ1) is 11.6. The molecule has 0 aliphatic carbocycles. The molecule has 0 N–H and O–H groups in total. The fourth-order valence-electron chi connectivity index (χ4n) is 2.29. The predicted octanol–water partition coefficient (Wildman–Crippen LogP) is 3.65. The van der Waals surface area contributed by atoms with Crippen molar-refractivity contribution in [3.63, 3.8) is 0 Å². The Morgan fingerprint density at radius 3 is 2.54 bits per heavy atom. The summed E-state index contributed by atoms with van der Waals surface area (Å²) in [5.41, 5.74) is 1.79. The second kappa shape index (κ2) is 7.04.